The van der Waals surface area contributed by atoms with Crippen LogP contribution in [0.2, 0.25) is 0 Å². The maximum Gasteiger partial charge on any atom is 0.329 e. The van der Waals surface area contributed by atoms with Crippen molar-refractivity contribution in [3.8, 4) is 0 Å². The fourth-order valence-corrected chi connectivity index (χ4v) is 4.75. The Balaban J connectivity index is 1.43. The van der Waals surface area contributed by atoms with Crippen LogP contribution in [0.25, 0.3) is 10.9 Å². The van der Waals surface area contributed by atoms with Crippen LogP contribution in [0.3, 0.4) is 0 Å². The van der Waals surface area contributed by atoms with Gasteiger partial charge in [-0.15, -0.1) is 0 Å². The summed E-state index contributed by atoms with van der Waals surface area (Å²) in [7, 11) is 0. The SMILES string of the molecule is CCc1cccc2c(C(=O)COC(=O)[C@H](C)N3C(=O)[C@H]4CCCC[C@@H]4C3=O)c[nH]c12. The zero-order chi connectivity index (χ0) is 21.4. The lowest BCUT2D eigenvalue weighted by Crippen LogP contribution is -2.44. The van der Waals surface area contributed by atoms with Gasteiger partial charge in [0.05, 0.1) is 11.8 Å². The average molecular weight is 410 g/mol. The molecule has 0 radical (unpaired) electrons. The van der Waals surface area contributed by atoms with Gasteiger partial charge in [-0.05, 0) is 31.7 Å². The summed E-state index contributed by atoms with van der Waals surface area (Å²) in [5.41, 5.74) is 2.46. The predicted molar refractivity (Wildman–Crippen MR) is 110 cm³/mol. The van der Waals surface area contributed by atoms with Gasteiger partial charge in [0.1, 0.15) is 6.04 Å². The lowest BCUT2D eigenvalue weighted by molar-refractivity contribution is -0.157. The van der Waals surface area contributed by atoms with Gasteiger partial charge < -0.3 is 9.72 Å². The summed E-state index contributed by atoms with van der Waals surface area (Å²) in [4.78, 5) is 54.7. The number of aryl methyl sites for hydroxylation is 1. The number of ether oxygens (including phenoxy) is 1. The van der Waals surface area contributed by atoms with Gasteiger partial charge >= 0.3 is 5.97 Å². The Morgan fingerprint density at radius 1 is 1.17 bits per heavy atom. The Labute approximate surface area is 174 Å². The summed E-state index contributed by atoms with van der Waals surface area (Å²) in [6.07, 6.45) is 5.68. The summed E-state index contributed by atoms with van der Waals surface area (Å²) in [5, 5.41) is 0.789. The maximum atomic E-state index is 12.7. The Kier molecular flexibility index (Phi) is 5.45. The van der Waals surface area contributed by atoms with Crippen LogP contribution in [0.15, 0.2) is 24.4 Å². The molecule has 0 unspecified atom stereocenters. The molecule has 2 amide bonds. The van der Waals surface area contributed by atoms with Crippen LogP contribution in [0, 0.1) is 11.8 Å². The summed E-state index contributed by atoms with van der Waals surface area (Å²) < 4.78 is 5.21. The number of aromatic amines is 1. The van der Waals surface area contributed by atoms with Crippen LogP contribution in [0.5, 0.6) is 0 Å². The molecule has 4 rings (SSSR count). The predicted octanol–water partition coefficient (Wildman–Crippen LogP) is 3.02. The Morgan fingerprint density at radius 3 is 2.47 bits per heavy atom. The number of para-hydroxylation sites is 1. The number of likely N-dealkylation sites (tertiary alicyclic amines) is 1. The van der Waals surface area contributed by atoms with Gasteiger partial charge in [-0.3, -0.25) is 19.3 Å². The van der Waals surface area contributed by atoms with E-state index in [1.54, 1.807) is 6.20 Å². The van der Waals surface area contributed by atoms with E-state index in [1.807, 2.05) is 25.1 Å². The second kappa shape index (κ2) is 8.05. The van der Waals surface area contributed by atoms with E-state index < -0.39 is 18.6 Å². The molecular weight excluding hydrogens is 384 g/mol. The molecule has 7 heteroatoms. The third-order valence-corrected chi connectivity index (χ3v) is 6.43. The first-order chi connectivity index (χ1) is 14.4. The van der Waals surface area contributed by atoms with Gasteiger partial charge in [-0.1, -0.05) is 38.0 Å². The molecular formula is C23H26N2O5. The highest BCUT2D eigenvalue weighted by atomic mass is 16.5. The highest BCUT2D eigenvalue weighted by Crippen LogP contribution is 2.39. The fraction of sp³-hybridized carbons (Fsp3) is 0.478. The number of hydrogen-bond donors (Lipinski definition) is 1. The van der Waals surface area contributed by atoms with Crippen molar-refractivity contribution in [2.24, 2.45) is 11.8 Å². The van der Waals surface area contributed by atoms with E-state index in [9.17, 15) is 19.2 Å². The molecule has 2 aliphatic rings. The molecule has 2 aromatic rings. The minimum Gasteiger partial charge on any atom is -0.456 e. The van der Waals surface area contributed by atoms with Crippen molar-refractivity contribution in [1.29, 1.82) is 0 Å². The van der Waals surface area contributed by atoms with Crippen molar-refractivity contribution in [3.63, 3.8) is 0 Å². The molecule has 1 aromatic carbocycles. The highest BCUT2D eigenvalue weighted by molar-refractivity contribution is 6.10. The molecule has 7 nitrogen and oxygen atoms in total. The Morgan fingerprint density at radius 2 is 1.83 bits per heavy atom. The van der Waals surface area contributed by atoms with Crippen molar-refractivity contribution in [3.05, 3.63) is 35.5 Å². The first-order valence-electron chi connectivity index (χ1n) is 10.6. The number of esters is 1. The quantitative estimate of drug-likeness (QED) is 0.449. The van der Waals surface area contributed by atoms with E-state index in [4.69, 9.17) is 4.74 Å². The molecule has 2 fully saturated rings. The first kappa shape index (κ1) is 20.3. The molecule has 3 atom stereocenters. The Bertz CT molecular complexity index is 1000. The van der Waals surface area contributed by atoms with Crippen LogP contribution in [0.4, 0.5) is 0 Å². The van der Waals surface area contributed by atoms with Gasteiger partial charge in [0.15, 0.2) is 6.61 Å². The Hall–Kier alpha value is -2.96. The zero-order valence-corrected chi connectivity index (χ0v) is 17.3. The number of Topliss-reactive ketones (excluding diaryl/α,β-unsaturated/α-hetero) is 1. The number of benzene rings is 1. The van der Waals surface area contributed by atoms with E-state index in [-0.39, 0.29) is 29.4 Å². The minimum atomic E-state index is -1.03. The monoisotopic (exact) mass is 410 g/mol. The summed E-state index contributed by atoms with van der Waals surface area (Å²) in [5.74, 6) is -2.28. The number of carbonyl (C=O) groups excluding carboxylic acids is 4. The number of imide groups is 1. The highest BCUT2D eigenvalue weighted by Gasteiger charge is 2.51. The van der Waals surface area contributed by atoms with Crippen molar-refractivity contribution >= 4 is 34.5 Å². The van der Waals surface area contributed by atoms with Crippen LogP contribution < -0.4 is 0 Å². The normalized spacial score (nSPS) is 22.3. The van der Waals surface area contributed by atoms with Gasteiger partial charge in [-0.25, -0.2) is 4.79 Å². The van der Waals surface area contributed by atoms with E-state index in [2.05, 4.69) is 4.98 Å². The number of nitrogens with one attached hydrogen (secondary N) is 1. The molecule has 0 bridgehead atoms. The number of amides is 2. The van der Waals surface area contributed by atoms with Crippen LogP contribution in [-0.2, 0) is 25.5 Å². The lowest BCUT2D eigenvalue weighted by atomic mass is 9.81. The van der Waals surface area contributed by atoms with Gasteiger partial charge in [0.25, 0.3) is 0 Å². The molecule has 1 aromatic heterocycles. The lowest BCUT2D eigenvalue weighted by Gasteiger charge is -2.21. The number of H-pyrrole nitrogens is 1. The molecule has 158 valence electrons. The second-order valence-electron chi connectivity index (χ2n) is 8.15. The third-order valence-electron chi connectivity index (χ3n) is 6.43. The number of carbonyl (C=O) groups is 4. The summed E-state index contributed by atoms with van der Waals surface area (Å²) in [6.45, 7) is 3.09. The molecule has 1 aliphatic carbocycles. The molecule has 1 N–H and O–H groups in total. The molecule has 1 aliphatic heterocycles. The van der Waals surface area contributed by atoms with E-state index in [0.717, 1.165) is 40.6 Å². The number of hydrogen-bond acceptors (Lipinski definition) is 5. The van der Waals surface area contributed by atoms with Crippen LogP contribution >= 0.6 is 0 Å². The van der Waals surface area contributed by atoms with E-state index in [1.165, 1.54) is 6.92 Å². The van der Waals surface area contributed by atoms with Gasteiger partial charge in [0.2, 0.25) is 17.6 Å². The van der Waals surface area contributed by atoms with Gasteiger partial charge in [0, 0.05) is 22.7 Å². The molecule has 30 heavy (non-hydrogen) atoms. The molecule has 0 spiro atoms. The number of nitrogens with zero attached hydrogens (tertiary/aromatic N) is 1. The number of ketones is 1. The van der Waals surface area contributed by atoms with Crippen LogP contribution in [0.1, 0.15) is 55.5 Å². The molecule has 1 saturated carbocycles. The summed E-state index contributed by atoms with van der Waals surface area (Å²) >= 11 is 0. The smallest absolute Gasteiger partial charge is 0.329 e. The third kappa shape index (κ3) is 3.32. The van der Waals surface area contributed by atoms with Gasteiger partial charge in [-0.2, -0.15) is 0 Å². The fourth-order valence-electron chi connectivity index (χ4n) is 4.75. The second-order valence-corrected chi connectivity index (χ2v) is 8.15. The maximum absolute atomic E-state index is 12.7. The topological polar surface area (TPSA) is 96.5 Å². The first-order valence-corrected chi connectivity index (χ1v) is 10.6. The van der Waals surface area contributed by atoms with E-state index >= 15 is 0 Å². The van der Waals surface area contributed by atoms with Crippen molar-refractivity contribution in [2.75, 3.05) is 6.61 Å². The molecule has 2 heterocycles. The van der Waals surface area contributed by atoms with E-state index in [0.29, 0.717) is 18.4 Å². The van der Waals surface area contributed by atoms with Crippen molar-refractivity contribution in [1.82, 2.24) is 9.88 Å². The average Bonchev–Trinajstić information content (AvgIpc) is 3.31. The number of rotatable bonds is 6. The molecule has 1 saturated heterocycles. The van der Waals surface area contributed by atoms with Crippen molar-refractivity contribution < 1.29 is 23.9 Å². The number of aromatic nitrogens is 1. The number of fused-ring (bicyclic) bond motifs is 2. The van der Waals surface area contributed by atoms with Crippen LogP contribution in [-0.4, -0.2) is 46.1 Å². The standard InChI is InChI=1S/C23H26N2O5/c1-3-14-7-6-10-15-18(11-24-20(14)15)19(26)12-30-23(29)13(2)25-21(27)16-8-4-5-9-17(16)22(25)28/h6-7,10-11,13,16-17,24H,3-5,8-9,12H2,1-2H3/t13-,16-,17-/m0/s1. The largest absolute Gasteiger partial charge is 0.456 e. The minimum absolute atomic E-state index is 0.288. The zero-order valence-electron chi connectivity index (χ0n) is 17.3. The summed E-state index contributed by atoms with van der Waals surface area (Å²) in [6, 6.07) is 4.71. The van der Waals surface area contributed by atoms with Crippen molar-refractivity contribution in [2.45, 2.75) is 52.0 Å².